The van der Waals surface area contributed by atoms with Gasteiger partial charge in [0.05, 0.1) is 14.2 Å². The van der Waals surface area contributed by atoms with Crippen molar-refractivity contribution >= 4 is 17.8 Å². The summed E-state index contributed by atoms with van der Waals surface area (Å²) in [6, 6.07) is 14.5. The molecule has 2 amide bonds. The van der Waals surface area contributed by atoms with Gasteiger partial charge >= 0.3 is 12.1 Å². The number of hydrogen-bond acceptors (Lipinski definition) is 6. The Morgan fingerprint density at radius 1 is 1.00 bits per heavy atom. The molecule has 1 fully saturated rings. The fourth-order valence-corrected chi connectivity index (χ4v) is 3.31. The zero-order valence-corrected chi connectivity index (χ0v) is 19.9. The molecule has 2 aromatic carbocycles. The van der Waals surface area contributed by atoms with Crippen LogP contribution < -0.4 is 14.8 Å². The van der Waals surface area contributed by atoms with Crippen LogP contribution in [0.1, 0.15) is 15.9 Å². The summed E-state index contributed by atoms with van der Waals surface area (Å²) in [6.07, 6.45) is -5.08. The molecule has 0 saturated carbocycles. The Morgan fingerprint density at radius 2 is 1.56 bits per heavy atom. The number of carboxylic acid groups (broad SMARTS) is 1. The number of rotatable bonds is 7. The molecule has 0 radical (unpaired) electrons. The van der Waals surface area contributed by atoms with Gasteiger partial charge in [-0.2, -0.15) is 13.2 Å². The lowest BCUT2D eigenvalue weighted by molar-refractivity contribution is -0.192. The first kappa shape index (κ1) is 28.4. The van der Waals surface area contributed by atoms with Gasteiger partial charge in [0, 0.05) is 38.3 Å². The first-order valence-corrected chi connectivity index (χ1v) is 10.9. The number of ether oxygens (including phenoxy) is 2. The summed E-state index contributed by atoms with van der Waals surface area (Å²) in [5.41, 5.74) is 1.38. The number of carbonyl (C=O) groups is 3. The molecule has 3 rings (SSSR count). The lowest BCUT2D eigenvalue weighted by Crippen LogP contribution is -2.50. The van der Waals surface area contributed by atoms with E-state index in [-0.39, 0.29) is 18.4 Å². The smallest absolute Gasteiger partial charge is 0.490 e. The van der Waals surface area contributed by atoms with Gasteiger partial charge < -0.3 is 29.7 Å². The summed E-state index contributed by atoms with van der Waals surface area (Å²) < 4.78 is 42.3. The van der Waals surface area contributed by atoms with E-state index in [1.165, 1.54) is 0 Å². The number of carbonyl (C=O) groups excluding carboxylic acids is 2. The fraction of sp³-hybridized carbons (Fsp3) is 0.375. The quantitative estimate of drug-likeness (QED) is 0.588. The largest absolute Gasteiger partial charge is 0.497 e. The standard InChI is InChI=1S/C22H27N3O4.C2HF3O2/c1-28-19-7-3-5-17(13-19)15-25(16-21(26)24-11-9-23-10-12-24)22(27)18-6-4-8-20(14-18)29-2;3-2(4,5)1(6)7/h3-8,13-14,23H,9-12,15-16H2,1-2H3;(H,6,7). The summed E-state index contributed by atoms with van der Waals surface area (Å²) in [6.45, 7) is 3.17. The number of amides is 2. The van der Waals surface area contributed by atoms with Crippen LogP contribution >= 0.6 is 0 Å². The molecule has 0 atom stereocenters. The van der Waals surface area contributed by atoms with Gasteiger partial charge in [-0.3, -0.25) is 9.59 Å². The normalized spacial score (nSPS) is 13.2. The maximum atomic E-state index is 13.2. The molecule has 1 heterocycles. The van der Waals surface area contributed by atoms with E-state index in [0.717, 1.165) is 18.7 Å². The Labute approximate surface area is 206 Å². The number of carboxylic acids is 1. The number of halogens is 3. The summed E-state index contributed by atoms with van der Waals surface area (Å²) in [5, 5.41) is 10.4. The molecule has 1 aliphatic rings. The molecule has 196 valence electrons. The highest BCUT2D eigenvalue weighted by molar-refractivity contribution is 5.96. The van der Waals surface area contributed by atoms with Gasteiger partial charge in [-0.25, -0.2) is 4.79 Å². The van der Waals surface area contributed by atoms with Gasteiger partial charge in [0.2, 0.25) is 5.91 Å². The number of aliphatic carboxylic acids is 1. The third-order valence-corrected chi connectivity index (χ3v) is 5.15. The van der Waals surface area contributed by atoms with Gasteiger partial charge in [0.1, 0.15) is 18.0 Å². The maximum Gasteiger partial charge on any atom is 0.490 e. The average molecular weight is 511 g/mol. The Hall–Kier alpha value is -3.80. The second-order valence-electron chi connectivity index (χ2n) is 7.68. The predicted molar refractivity (Wildman–Crippen MR) is 124 cm³/mol. The Kier molecular flexibility index (Phi) is 10.5. The molecular formula is C24H28F3N3O6. The van der Waals surface area contributed by atoms with Crippen LogP contribution in [0.2, 0.25) is 0 Å². The van der Waals surface area contributed by atoms with Crippen molar-refractivity contribution in [3.8, 4) is 11.5 Å². The van der Waals surface area contributed by atoms with E-state index in [2.05, 4.69) is 5.32 Å². The van der Waals surface area contributed by atoms with Crippen LogP contribution in [-0.4, -0.2) is 85.8 Å². The number of methoxy groups -OCH3 is 2. The van der Waals surface area contributed by atoms with E-state index >= 15 is 0 Å². The summed E-state index contributed by atoms with van der Waals surface area (Å²) >= 11 is 0. The van der Waals surface area contributed by atoms with Gasteiger partial charge in [0.25, 0.3) is 5.91 Å². The van der Waals surface area contributed by atoms with Crippen molar-refractivity contribution in [2.75, 3.05) is 46.9 Å². The van der Waals surface area contributed by atoms with Crippen molar-refractivity contribution in [2.45, 2.75) is 12.7 Å². The second-order valence-corrected chi connectivity index (χ2v) is 7.68. The molecule has 0 aliphatic carbocycles. The first-order valence-electron chi connectivity index (χ1n) is 10.9. The average Bonchev–Trinajstić information content (AvgIpc) is 2.88. The maximum absolute atomic E-state index is 13.2. The number of nitrogens with one attached hydrogen (secondary N) is 1. The Morgan fingerprint density at radius 3 is 2.11 bits per heavy atom. The van der Waals surface area contributed by atoms with E-state index in [9.17, 15) is 22.8 Å². The van der Waals surface area contributed by atoms with Crippen molar-refractivity contribution in [3.05, 3.63) is 59.7 Å². The number of alkyl halides is 3. The molecule has 36 heavy (non-hydrogen) atoms. The van der Waals surface area contributed by atoms with E-state index in [1.54, 1.807) is 48.3 Å². The molecule has 0 unspecified atom stereocenters. The third kappa shape index (κ3) is 8.77. The number of nitrogens with zero attached hydrogens (tertiary/aromatic N) is 2. The second kappa shape index (κ2) is 13.3. The van der Waals surface area contributed by atoms with Crippen LogP contribution in [0.5, 0.6) is 11.5 Å². The molecular weight excluding hydrogens is 483 g/mol. The lowest BCUT2D eigenvalue weighted by Gasteiger charge is -2.30. The van der Waals surface area contributed by atoms with Gasteiger partial charge in [-0.05, 0) is 35.9 Å². The van der Waals surface area contributed by atoms with E-state index in [1.807, 2.05) is 24.3 Å². The van der Waals surface area contributed by atoms with Crippen molar-refractivity contribution in [1.82, 2.24) is 15.1 Å². The minimum absolute atomic E-state index is 0.0211. The summed E-state index contributed by atoms with van der Waals surface area (Å²) in [5.74, 6) is -1.70. The van der Waals surface area contributed by atoms with E-state index in [4.69, 9.17) is 19.4 Å². The molecule has 2 N–H and O–H groups in total. The van der Waals surface area contributed by atoms with Gasteiger partial charge in [-0.1, -0.05) is 18.2 Å². The molecule has 0 spiro atoms. The van der Waals surface area contributed by atoms with E-state index < -0.39 is 12.1 Å². The molecule has 9 nitrogen and oxygen atoms in total. The molecule has 12 heteroatoms. The van der Waals surface area contributed by atoms with Crippen LogP contribution in [0.15, 0.2) is 48.5 Å². The van der Waals surface area contributed by atoms with Crippen LogP contribution in [0.25, 0.3) is 0 Å². The van der Waals surface area contributed by atoms with Crippen molar-refractivity contribution < 1.29 is 42.1 Å². The lowest BCUT2D eigenvalue weighted by atomic mass is 10.1. The highest BCUT2D eigenvalue weighted by Crippen LogP contribution is 2.19. The SMILES string of the molecule is COc1cccc(CN(CC(=O)N2CCNCC2)C(=O)c2cccc(OC)c2)c1.O=C(O)C(F)(F)F. The number of piperazine rings is 1. The highest BCUT2D eigenvalue weighted by Gasteiger charge is 2.38. The van der Waals surface area contributed by atoms with Crippen molar-refractivity contribution in [3.63, 3.8) is 0 Å². The fourth-order valence-electron chi connectivity index (χ4n) is 3.31. The number of hydrogen-bond donors (Lipinski definition) is 2. The van der Waals surface area contributed by atoms with Crippen LogP contribution in [0.4, 0.5) is 13.2 Å². The number of benzene rings is 2. The van der Waals surface area contributed by atoms with Crippen LogP contribution in [0.3, 0.4) is 0 Å². The highest BCUT2D eigenvalue weighted by atomic mass is 19.4. The first-order chi connectivity index (χ1) is 17.0. The molecule has 2 aromatic rings. The summed E-state index contributed by atoms with van der Waals surface area (Å²) in [4.78, 5) is 38.4. The van der Waals surface area contributed by atoms with Gasteiger partial charge in [-0.15, -0.1) is 0 Å². The summed E-state index contributed by atoms with van der Waals surface area (Å²) in [7, 11) is 3.16. The molecule has 0 aromatic heterocycles. The van der Waals surface area contributed by atoms with E-state index in [0.29, 0.717) is 36.7 Å². The third-order valence-electron chi connectivity index (χ3n) is 5.15. The zero-order valence-electron chi connectivity index (χ0n) is 19.9. The van der Waals surface area contributed by atoms with Crippen LogP contribution in [0, 0.1) is 0 Å². The van der Waals surface area contributed by atoms with Gasteiger partial charge in [0.15, 0.2) is 0 Å². The minimum atomic E-state index is -5.08. The molecule has 1 aliphatic heterocycles. The Bertz CT molecular complexity index is 1040. The monoisotopic (exact) mass is 511 g/mol. The predicted octanol–water partition coefficient (Wildman–Crippen LogP) is 2.41. The Balaban J connectivity index is 0.000000572. The zero-order chi connectivity index (χ0) is 26.7. The van der Waals surface area contributed by atoms with Crippen molar-refractivity contribution in [1.29, 1.82) is 0 Å². The van der Waals surface area contributed by atoms with Crippen LogP contribution in [-0.2, 0) is 16.1 Å². The topological polar surface area (TPSA) is 108 Å². The van der Waals surface area contributed by atoms with Crippen molar-refractivity contribution in [2.24, 2.45) is 0 Å². The molecule has 1 saturated heterocycles. The molecule has 0 bridgehead atoms. The minimum Gasteiger partial charge on any atom is -0.497 e.